The molecule has 2 aliphatic heterocycles. The SMILES string of the molecule is COc1ccc(C(=O)Nc2cnc3c(c2)CN(C)CC3)cc1C(F)(F)F.COc1ccc(C(=O)Nc2cnc3c(c2)CN(Cc2ccccc2)CC3)cc1Br.Cl. The van der Waals surface area contributed by atoms with Crippen LogP contribution in [0.1, 0.15) is 54.4 Å². The summed E-state index contributed by atoms with van der Waals surface area (Å²) in [4.78, 5) is 38.5. The van der Waals surface area contributed by atoms with Crippen LogP contribution < -0.4 is 20.1 Å². The normalized spacial score (nSPS) is 13.8. The molecule has 4 heterocycles. The molecule has 7 rings (SSSR count). The van der Waals surface area contributed by atoms with Crippen LogP contribution in [0.3, 0.4) is 0 Å². The summed E-state index contributed by atoms with van der Waals surface area (Å²) in [5.41, 5.74) is 6.19. The van der Waals surface area contributed by atoms with E-state index >= 15 is 0 Å². The number of benzene rings is 3. The van der Waals surface area contributed by atoms with E-state index < -0.39 is 17.6 Å². The van der Waals surface area contributed by atoms with Crippen molar-refractivity contribution < 1.29 is 32.2 Å². The highest BCUT2D eigenvalue weighted by Gasteiger charge is 2.35. The summed E-state index contributed by atoms with van der Waals surface area (Å²) in [5.74, 6) is -0.445. The third-order valence-electron chi connectivity index (χ3n) is 9.29. The van der Waals surface area contributed by atoms with E-state index in [0.717, 1.165) is 79.7 Å². The fraction of sp³-hybridized carbons (Fsp3) is 0.268. The second-order valence-electron chi connectivity index (χ2n) is 13.3. The first-order valence-corrected chi connectivity index (χ1v) is 18.3. The number of nitrogens with zero attached hydrogens (tertiary/aromatic N) is 4. The fourth-order valence-electron chi connectivity index (χ4n) is 6.45. The highest BCUT2D eigenvalue weighted by molar-refractivity contribution is 9.10. The Morgan fingerprint density at radius 2 is 1.32 bits per heavy atom. The van der Waals surface area contributed by atoms with Crippen LogP contribution in [0.5, 0.6) is 11.5 Å². The number of likely N-dealkylation sites (N-methyl/N-ethyl adjacent to an activating group) is 1. The first kappa shape index (κ1) is 42.1. The minimum atomic E-state index is -4.61. The molecule has 2 N–H and O–H groups in total. The van der Waals surface area contributed by atoms with Gasteiger partial charge in [-0.15, -0.1) is 12.4 Å². The second-order valence-corrected chi connectivity index (χ2v) is 14.1. The number of halogens is 5. The summed E-state index contributed by atoms with van der Waals surface area (Å²) in [7, 11) is 4.74. The van der Waals surface area contributed by atoms with Crippen LogP contribution in [-0.4, -0.2) is 65.9 Å². The number of methoxy groups -OCH3 is 2. The minimum absolute atomic E-state index is 0. The molecule has 2 amide bonds. The standard InChI is InChI=1S/C23H22BrN3O2.C18H18F3N3O2.ClH/c1-29-22-8-7-17(12-20(22)24)23(28)26-19-11-18-15-27(10-9-21(18)25-13-19)14-16-5-3-2-4-6-16;1-24-6-5-15-12(10-24)7-13(9-22-15)23-17(25)11-3-4-16(26-2)14(8-11)18(19,20)21;/h2-8,11-13H,9-10,14-15H2,1H3,(H,26,28);3-4,7-9H,5-6,10H2,1-2H3,(H,23,25);1H. The van der Waals surface area contributed by atoms with E-state index in [2.05, 4.69) is 70.6 Å². The maximum Gasteiger partial charge on any atom is 0.419 e. The van der Waals surface area contributed by atoms with Gasteiger partial charge in [-0.1, -0.05) is 30.3 Å². The number of nitrogens with one attached hydrogen (secondary N) is 2. The molecule has 10 nitrogen and oxygen atoms in total. The Labute approximate surface area is 338 Å². The van der Waals surface area contributed by atoms with Gasteiger partial charge < -0.3 is 25.0 Å². The lowest BCUT2D eigenvalue weighted by Gasteiger charge is -2.28. The first-order valence-electron chi connectivity index (χ1n) is 17.5. The molecule has 0 radical (unpaired) electrons. The summed E-state index contributed by atoms with van der Waals surface area (Å²) < 4.78 is 50.0. The van der Waals surface area contributed by atoms with Crippen molar-refractivity contribution in [1.29, 1.82) is 0 Å². The molecular formula is C41H41BrClF3N6O4. The third kappa shape index (κ3) is 10.6. The van der Waals surface area contributed by atoms with Crippen molar-refractivity contribution >= 4 is 51.5 Å². The predicted octanol–water partition coefficient (Wildman–Crippen LogP) is 8.43. The van der Waals surface area contributed by atoms with Gasteiger partial charge in [0.05, 0.1) is 48.0 Å². The monoisotopic (exact) mass is 852 g/mol. The molecule has 2 aliphatic rings. The summed E-state index contributed by atoms with van der Waals surface area (Å²) in [6.07, 6.45) is 0.396. The zero-order chi connectivity index (χ0) is 39.1. The molecule has 294 valence electrons. The van der Waals surface area contributed by atoms with Gasteiger partial charge in [0, 0.05) is 68.1 Å². The number of carbonyl (C=O) groups is 2. The number of ether oxygens (including phenoxy) is 2. The lowest BCUT2D eigenvalue weighted by atomic mass is 10.0. The molecular weight excluding hydrogens is 813 g/mol. The van der Waals surface area contributed by atoms with Crippen LogP contribution in [0, 0.1) is 0 Å². The molecule has 0 bridgehead atoms. The van der Waals surface area contributed by atoms with Gasteiger partial charge in [-0.3, -0.25) is 24.5 Å². The molecule has 5 aromatic rings. The number of anilines is 2. The molecule has 0 fully saturated rings. The molecule has 0 saturated heterocycles. The summed E-state index contributed by atoms with van der Waals surface area (Å²) in [6.45, 7) is 4.36. The van der Waals surface area contributed by atoms with Gasteiger partial charge in [-0.2, -0.15) is 13.2 Å². The van der Waals surface area contributed by atoms with Gasteiger partial charge in [0.15, 0.2) is 0 Å². The van der Waals surface area contributed by atoms with E-state index in [-0.39, 0.29) is 29.6 Å². The lowest BCUT2D eigenvalue weighted by Crippen LogP contribution is -2.30. The average Bonchev–Trinajstić information content (AvgIpc) is 3.17. The van der Waals surface area contributed by atoms with Crippen molar-refractivity contribution in [3.63, 3.8) is 0 Å². The number of hydrogen-bond acceptors (Lipinski definition) is 8. The molecule has 0 saturated carbocycles. The number of fused-ring (bicyclic) bond motifs is 2. The number of carbonyl (C=O) groups excluding carboxylic acids is 2. The van der Waals surface area contributed by atoms with E-state index in [4.69, 9.17) is 9.47 Å². The van der Waals surface area contributed by atoms with E-state index in [1.165, 1.54) is 23.4 Å². The summed E-state index contributed by atoms with van der Waals surface area (Å²) in [6, 6.07) is 22.8. The van der Waals surface area contributed by atoms with Crippen LogP contribution in [0.15, 0.2) is 95.7 Å². The van der Waals surface area contributed by atoms with E-state index in [0.29, 0.717) is 29.2 Å². The Kier molecular flexibility index (Phi) is 14.1. The highest BCUT2D eigenvalue weighted by Crippen LogP contribution is 2.37. The molecule has 0 spiro atoms. The number of pyridine rings is 2. The predicted molar refractivity (Wildman–Crippen MR) is 215 cm³/mol. The van der Waals surface area contributed by atoms with Crippen LogP contribution in [-0.2, 0) is 38.7 Å². The van der Waals surface area contributed by atoms with E-state index in [1.54, 1.807) is 31.5 Å². The van der Waals surface area contributed by atoms with Gasteiger partial charge in [0.2, 0.25) is 0 Å². The molecule has 15 heteroatoms. The van der Waals surface area contributed by atoms with Crippen molar-refractivity contribution in [2.45, 2.75) is 38.7 Å². The van der Waals surface area contributed by atoms with Crippen molar-refractivity contribution in [3.8, 4) is 11.5 Å². The number of aromatic nitrogens is 2. The largest absolute Gasteiger partial charge is 0.496 e. The Bertz CT molecular complexity index is 2180. The zero-order valence-electron chi connectivity index (χ0n) is 31.0. The van der Waals surface area contributed by atoms with Crippen molar-refractivity contribution in [2.24, 2.45) is 0 Å². The first-order chi connectivity index (χ1) is 26.4. The Morgan fingerprint density at radius 3 is 1.89 bits per heavy atom. The molecule has 0 unspecified atom stereocenters. The highest BCUT2D eigenvalue weighted by atomic mass is 79.9. The van der Waals surface area contributed by atoms with Crippen molar-refractivity contribution in [1.82, 2.24) is 19.8 Å². The van der Waals surface area contributed by atoms with Gasteiger partial charge in [-0.05, 0) is 88.2 Å². The number of amides is 2. The summed E-state index contributed by atoms with van der Waals surface area (Å²) in [5, 5.41) is 5.57. The smallest absolute Gasteiger partial charge is 0.419 e. The number of rotatable bonds is 8. The van der Waals surface area contributed by atoms with Crippen LogP contribution >= 0.6 is 28.3 Å². The Hall–Kier alpha value is -5.02. The van der Waals surface area contributed by atoms with Crippen molar-refractivity contribution in [2.75, 3.05) is 45.0 Å². The van der Waals surface area contributed by atoms with E-state index in [1.807, 2.05) is 25.2 Å². The number of hydrogen-bond donors (Lipinski definition) is 2. The van der Waals surface area contributed by atoms with Crippen molar-refractivity contribution in [3.05, 3.63) is 140 Å². The second kappa shape index (κ2) is 18.7. The molecule has 2 aromatic heterocycles. The quantitative estimate of drug-likeness (QED) is 0.160. The third-order valence-corrected chi connectivity index (χ3v) is 9.91. The zero-order valence-corrected chi connectivity index (χ0v) is 33.4. The molecule has 3 aromatic carbocycles. The fourth-order valence-corrected chi connectivity index (χ4v) is 6.99. The molecule has 56 heavy (non-hydrogen) atoms. The maximum absolute atomic E-state index is 13.1. The van der Waals surface area contributed by atoms with E-state index in [9.17, 15) is 22.8 Å². The van der Waals surface area contributed by atoms with Crippen LogP contribution in [0.25, 0.3) is 0 Å². The van der Waals surface area contributed by atoms with Crippen LogP contribution in [0.2, 0.25) is 0 Å². The molecule has 0 atom stereocenters. The van der Waals surface area contributed by atoms with Gasteiger partial charge in [0.25, 0.3) is 11.8 Å². The van der Waals surface area contributed by atoms with Gasteiger partial charge in [0.1, 0.15) is 11.5 Å². The Morgan fingerprint density at radius 1 is 0.768 bits per heavy atom. The van der Waals surface area contributed by atoms with Gasteiger partial charge >= 0.3 is 6.18 Å². The maximum atomic E-state index is 13.1. The van der Waals surface area contributed by atoms with Crippen LogP contribution in [0.4, 0.5) is 24.5 Å². The Balaban J connectivity index is 0.000000212. The molecule has 0 aliphatic carbocycles. The minimum Gasteiger partial charge on any atom is -0.496 e. The van der Waals surface area contributed by atoms with Gasteiger partial charge in [-0.25, -0.2) is 0 Å². The topological polar surface area (TPSA) is 109 Å². The lowest BCUT2D eigenvalue weighted by molar-refractivity contribution is -0.138. The average molecular weight is 854 g/mol. The summed E-state index contributed by atoms with van der Waals surface area (Å²) >= 11 is 3.42. The number of alkyl halides is 3.